The number of hydrogen-bond acceptors (Lipinski definition) is 3. The number of carbonyl (C=O) groups excluding carboxylic acids is 1. The van der Waals surface area contributed by atoms with Gasteiger partial charge in [-0.05, 0) is 25.0 Å². The fourth-order valence-electron chi connectivity index (χ4n) is 4.16. The lowest BCUT2D eigenvalue weighted by atomic mass is 9.94. The molecule has 1 saturated carbocycles. The second-order valence-electron chi connectivity index (χ2n) is 7.07. The van der Waals surface area contributed by atoms with Crippen LogP contribution in [-0.2, 0) is 11.3 Å². The van der Waals surface area contributed by atoms with Crippen molar-refractivity contribution in [1.82, 2.24) is 19.4 Å². The van der Waals surface area contributed by atoms with Crippen molar-refractivity contribution in [3.05, 3.63) is 30.6 Å². The molecule has 128 valence electrons. The summed E-state index contributed by atoms with van der Waals surface area (Å²) in [7, 11) is 0. The van der Waals surface area contributed by atoms with E-state index in [9.17, 15) is 4.79 Å². The number of aromatic nitrogens is 2. The maximum absolute atomic E-state index is 12.7. The molecule has 0 N–H and O–H groups in total. The van der Waals surface area contributed by atoms with Gasteiger partial charge in [0.15, 0.2) is 0 Å². The van der Waals surface area contributed by atoms with E-state index in [0.29, 0.717) is 6.54 Å². The van der Waals surface area contributed by atoms with E-state index in [1.54, 1.807) is 6.33 Å². The molecule has 5 heteroatoms. The van der Waals surface area contributed by atoms with Crippen LogP contribution in [0.1, 0.15) is 32.1 Å². The lowest BCUT2D eigenvalue weighted by Crippen LogP contribution is -2.52. The third kappa shape index (κ3) is 3.18. The molecule has 2 aromatic rings. The summed E-state index contributed by atoms with van der Waals surface area (Å²) in [5, 5.41) is 0. The van der Waals surface area contributed by atoms with E-state index < -0.39 is 0 Å². The summed E-state index contributed by atoms with van der Waals surface area (Å²) in [5.41, 5.74) is 1.99. The SMILES string of the molecule is O=C(Cn1cnc2ccccc21)N1CCN(C2CCCCC2)CC1. The summed E-state index contributed by atoms with van der Waals surface area (Å²) in [6.45, 7) is 4.18. The molecule has 0 radical (unpaired) electrons. The van der Waals surface area contributed by atoms with Crippen LogP contribution in [0.5, 0.6) is 0 Å². The molecule has 0 spiro atoms. The quantitative estimate of drug-likeness (QED) is 0.870. The van der Waals surface area contributed by atoms with E-state index in [0.717, 1.165) is 43.3 Å². The molecule has 5 nitrogen and oxygen atoms in total. The van der Waals surface area contributed by atoms with Gasteiger partial charge < -0.3 is 9.47 Å². The van der Waals surface area contributed by atoms with E-state index in [1.807, 2.05) is 33.7 Å². The molecule has 2 fully saturated rings. The Balaban J connectivity index is 1.34. The molecule has 4 rings (SSSR count). The number of imidazole rings is 1. The summed E-state index contributed by atoms with van der Waals surface area (Å²) < 4.78 is 1.96. The zero-order valence-corrected chi connectivity index (χ0v) is 14.2. The monoisotopic (exact) mass is 326 g/mol. The van der Waals surface area contributed by atoms with Gasteiger partial charge in [0.05, 0.1) is 17.4 Å². The highest BCUT2D eigenvalue weighted by atomic mass is 16.2. The zero-order chi connectivity index (χ0) is 16.4. The normalized spacial score (nSPS) is 20.6. The maximum atomic E-state index is 12.7. The second kappa shape index (κ2) is 6.93. The van der Waals surface area contributed by atoms with Gasteiger partial charge in [-0.1, -0.05) is 31.4 Å². The van der Waals surface area contributed by atoms with E-state index >= 15 is 0 Å². The van der Waals surface area contributed by atoms with Gasteiger partial charge in [-0.3, -0.25) is 9.69 Å². The van der Waals surface area contributed by atoms with Crippen LogP contribution in [0.2, 0.25) is 0 Å². The second-order valence-corrected chi connectivity index (χ2v) is 7.07. The number of amides is 1. The van der Waals surface area contributed by atoms with Crippen LogP contribution >= 0.6 is 0 Å². The first-order valence-corrected chi connectivity index (χ1v) is 9.23. The predicted molar refractivity (Wildman–Crippen MR) is 94.8 cm³/mol. The minimum absolute atomic E-state index is 0.210. The van der Waals surface area contributed by atoms with Crippen molar-refractivity contribution in [3.63, 3.8) is 0 Å². The number of benzene rings is 1. The smallest absolute Gasteiger partial charge is 0.242 e. The standard InChI is InChI=1S/C19H26N4O/c24-19(14-23-15-20-17-8-4-5-9-18(17)23)22-12-10-21(11-13-22)16-6-2-1-3-7-16/h4-5,8-9,15-16H,1-3,6-7,10-14H2. The number of hydrogen-bond donors (Lipinski definition) is 0. The summed E-state index contributed by atoms with van der Waals surface area (Å²) in [6, 6.07) is 8.74. The van der Waals surface area contributed by atoms with Crippen molar-refractivity contribution in [2.24, 2.45) is 0 Å². The van der Waals surface area contributed by atoms with Gasteiger partial charge in [0, 0.05) is 32.2 Å². The Labute approximate surface area is 143 Å². The first-order valence-electron chi connectivity index (χ1n) is 9.23. The molecule has 2 aliphatic rings. The topological polar surface area (TPSA) is 41.4 Å². The highest BCUT2D eigenvalue weighted by Gasteiger charge is 2.27. The highest BCUT2D eigenvalue weighted by molar-refractivity contribution is 5.80. The fourth-order valence-corrected chi connectivity index (χ4v) is 4.16. The van der Waals surface area contributed by atoms with Gasteiger partial charge in [-0.15, -0.1) is 0 Å². The molecule has 2 heterocycles. The highest BCUT2D eigenvalue weighted by Crippen LogP contribution is 2.23. The number of nitrogens with zero attached hydrogens (tertiary/aromatic N) is 4. The largest absolute Gasteiger partial charge is 0.339 e. The van der Waals surface area contributed by atoms with Gasteiger partial charge in [0.25, 0.3) is 0 Å². The Kier molecular flexibility index (Phi) is 4.52. The third-order valence-electron chi connectivity index (χ3n) is 5.59. The van der Waals surface area contributed by atoms with Gasteiger partial charge in [0.1, 0.15) is 6.54 Å². The summed E-state index contributed by atoms with van der Waals surface area (Å²) >= 11 is 0. The Hall–Kier alpha value is -1.88. The average Bonchev–Trinajstić information content (AvgIpc) is 3.06. The Morgan fingerprint density at radius 2 is 1.79 bits per heavy atom. The molecule has 1 amide bonds. The van der Waals surface area contributed by atoms with Crippen molar-refractivity contribution in [1.29, 1.82) is 0 Å². The summed E-state index contributed by atoms with van der Waals surface area (Å²) in [4.78, 5) is 21.7. The Morgan fingerprint density at radius 1 is 1.04 bits per heavy atom. The van der Waals surface area contributed by atoms with Crippen LogP contribution < -0.4 is 0 Å². The lowest BCUT2D eigenvalue weighted by Gasteiger charge is -2.40. The lowest BCUT2D eigenvalue weighted by molar-refractivity contribution is -0.134. The number of carbonyl (C=O) groups is 1. The Morgan fingerprint density at radius 3 is 2.58 bits per heavy atom. The molecule has 0 atom stereocenters. The molecule has 1 aliphatic carbocycles. The molecule has 1 aliphatic heterocycles. The van der Waals surface area contributed by atoms with Crippen LogP contribution in [0.25, 0.3) is 11.0 Å². The van der Waals surface area contributed by atoms with Crippen LogP contribution in [0, 0.1) is 0 Å². The third-order valence-corrected chi connectivity index (χ3v) is 5.59. The average molecular weight is 326 g/mol. The number of fused-ring (bicyclic) bond motifs is 1. The molecule has 1 aromatic heterocycles. The van der Waals surface area contributed by atoms with E-state index in [1.165, 1.54) is 32.1 Å². The first kappa shape index (κ1) is 15.6. The molecule has 0 bridgehead atoms. The van der Waals surface area contributed by atoms with Crippen molar-refractivity contribution >= 4 is 16.9 Å². The van der Waals surface area contributed by atoms with Crippen molar-refractivity contribution in [3.8, 4) is 0 Å². The van der Waals surface area contributed by atoms with Crippen molar-refractivity contribution in [2.45, 2.75) is 44.7 Å². The Bertz CT molecular complexity index is 696. The first-order chi connectivity index (χ1) is 11.8. The molecular formula is C19H26N4O. The van der Waals surface area contributed by atoms with E-state index in [4.69, 9.17) is 0 Å². The predicted octanol–water partition coefficient (Wildman–Crippen LogP) is 2.51. The van der Waals surface area contributed by atoms with Gasteiger partial charge in [0.2, 0.25) is 5.91 Å². The van der Waals surface area contributed by atoms with Crippen LogP contribution in [0.15, 0.2) is 30.6 Å². The van der Waals surface area contributed by atoms with E-state index in [2.05, 4.69) is 9.88 Å². The summed E-state index contributed by atoms with van der Waals surface area (Å²) in [5.74, 6) is 0.210. The van der Waals surface area contributed by atoms with Gasteiger partial charge >= 0.3 is 0 Å². The molecule has 0 unspecified atom stereocenters. The van der Waals surface area contributed by atoms with Gasteiger partial charge in [-0.25, -0.2) is 4.98 Å². The molecule has 1 aromatic carbocycles. The number of para-hydroxylation sites is 2. The summed E-state index contributed by atoms with van der Waals surface area (Å²) in [6.07, 6.45) is 8.60. The van der Waals surface area contributed by atoms with Crippen LogP contribution in [-0.4, -0.2) is 57.5 Å². The molecular weight excluding hydrogens is 300 g/mol. The van der Waals surface area contributed by atoms with E-state index in [-0.39, 0.29) is 5.91 Å². The number of rotatable bonds is 3. The van der Waals surface area contributed by atoms with Crippen molar-refractivity contribution < 1.29 is 4.79 Å². The fraction of sp³-hybridized carbons (Fsp3) is 0.579. The molecule has 24 heavy (non-hydrogen) atoms. The minimum atomic E-state index is 0.210. The van der Waals surface area contributed by atoms with Crippen LogP contribution in [0.3, 0.4) is 0 Å². The van der Waals surface area contributed by atoms with Crippen LogP contribution in [0.4, 0.5) is 0 Å². The number of piperazine rings is 1. The molecule has 1 saturated heterocycles. The minimum Gasteiger partial charge on any atom is -0.339 e. The van der Waals surface area contributed by atoms with Crippen molar-refractivity contribution in [2.75, 3.05) is 26.2 Å². The van der Waals surface area contributed by atoms with Gasteiger partial charge in [-0.2, -0.15) is 0 Å². The maximum Gasteiger partial charge on any atom is 0.242 e. The zero-order valence-electron chi connectivity index (χ0n) is 14.2.